The maximum atomic E-state index is 5.84. The quantitative estimate of drug-likeness (QED) is 0.687. The molecule has 0 atom stereocenters. The third-order valence-electron chi connectivity index (χ3n) is 5.45. The Hall–Kier alpha value is -2.51. The average molecular weight is 365 g/mol. The molecule has 0 unspecified atom stereocenters. The molecule has 2 fully saturated rings. The minimum absolute atomic E-state index is 0.348. The van der Waals surface area contributed by atoms with E-state index in [4.69, 9.17) is 16.5 Å². The van der Waals surface area contributed by atoms with E-state index in [1.807, 2.05) is 12.3 Å². The summed E-state index contributed by atoms with van der Waals surface area (Å²) in [5.74, 6) is 0.612. The zero-order valence-corrected chi connectivity index (χ0v) is 15.5. The Balaban J connectivity index is 1.54. The summed E-state index contributed by atoms with van der Waals surface area (Å²) in [5, 5.41) is 3.38. The van der Waals surface area contributed by atoms with Crippen LogP contribution < -0.4 is 21.7 Å². The van der Waals surface area contributed by atoms with Gasteiger partial charge in [-0.25, -0.2) is 4.98 Å². The van der Waals surface area contributed by atoms with E-state index >= 15 is 0 Å². The first kappa shape index (κ1) is 17.9. The monoisotopic (exact) mass is 365 g/mol. The van der Waals surface area contributed by atoms with E-state index < -0.39 is 0 Å². The van der Waals surface area contributed by atoms with Crippen LogP contribution in [0.1, 0.15) is 18.5 Å². The molecule has 5 N–H and O–H groups in total. The van der Waals surface area contributed by atoms with Gasteiger partial charge >= 0.3 is 0 Å². The van der Waals surface area contributed by atoms with Crippen molar-refractivity contribution in [2.75, 3.05) is 37.6 Å². The summed E-state index contributed by atoms with van der Waals surface area (Å²) in [6, 6.07) is 6.61. The van der Waals surface area contributed by atoms with E-state index in [1.54, 1.807) is 12.4 Å². The van der Waals surface area contributed by atoms with Crippen LogP contribution in [0.15, 0.2) is 35.6 Å². The van der Waals surface area contributed by atoms with Crippen molar-refractivity contribution in [3.63, 3.8) is 0 Å². The van der Waals surface area contributed by atoms with E-state index in [1.165, 1.54) is 5.69 Å². The Morgan fingerprint density at radius 1 is 1.26 bits per heavy atom. The lowest BCUT2D eigenvalue weighted by Gasteiger charge is -2.31. The zero-order valence-electron chi connectivity index (χ0n) is 15.5. The van der Waals surface area contributed by atoms with E-state index in [2.05, 4.69) is 32.3 Å². The number of nitrogens with zero attached hydrogens (tertiary/aromatic N) is 4. The van der Waals surface area contributed by atoms with E-state index in [0.29, 0.717) is 12.0 Å². The van der Waals surface area contributed by atoms with Gasteiger partial charge in [0.1, 0.15) is 0 Å². The summed E-state index contributed by atoms with van der Waals surface area (Å²) in [6.45, 7) is 4.77. The predicted molar refractivity (Wildman–Crippen MR) is 111 cm³/mol. The standard InChI is InChI=1S/C20H27N7/c21-10-14-7-16(8-14)24-12-15(11-22)20-13-25-18-2-1-17(9-19(18)26-20)27-5-3-23-4-6-27/h1-2,9,11-14,16,23H,3-8,10,21-22H2. The van der Waals surface area contributed by atoms with E-state index in [-0.39, 0.29) is 0 Å². The number of anilines is 1. The molecule has 1 aromatic carbocycles. The first-order valence-electron chi connectivity index (χ1n) is 9.65. The third-order valence-corrected chi connectivity index (χ3v) is 5.45. The molecule has 142 valence electrons. The topological polar surface area (TPSA) is 105 Å². The number of aliphatic imine (C=N–C) groups is 1. The fourth-order valence-corrected chi connectivity index (χ4v) is 3.65. The molecule has 0 spiro atoms. The molecule has 2 aromatic rings. The third kappa shape index (κ3) is 3.94. The number of aromatic nitrogens is 2. The molecule has 0 bridgehead atoms. The lowest BCUT2D eigenvalue weighted by Crippen LogP contribution is -2.43. The second-order valence-corrected chi connectivity index (χ2v) is 7.29. The molecule has 27 heavy (non-hydrogen) atoms. The van der Waals surface area contributed by atoms with Gasteiger partial charge in [-0.2, -0.15) is 0 Å². The molecule has 7 heteroatoms. The first-order valence-corrected chi connectivity index (χ1v) is 9.65. The van der Waals surface area contributed by atoms with Gasteiger partial charge in [-0.05, 0) is 43.5 Å². The van der Waals surface area contributed by atoms with E-state index in [9.17, 15) is 0 Å². The lowest BCUT2D eigenvalue weighted by atomic mass is 9.81. The Morgan fingerprint density at radius 2 is 2.07 bits per heavy atom. The van der Waals surface area contributed by atoms with Crippen LogP contribution in [0.25, 0.3) is 16.6 Å². The van der Waals surface area contributed by atoms with E-state index in [0.717, 1.165) is 67.9 Å². The summed E-state index contributed by atoms with van der Waals surface area (Å²) in [5.41, 5.74) is 16.0. The number of piperazine rings is 1. The Bertz CT molecular complexity index is 849. The number of nitrogens with two attached hydrogens (primary N) is 2. The van der Waals surface area contributed by atoms with Crippen LogP contribution in [0.2, 0.25) is 0 Å². The highest BCUT2D eigenvalue weighted by atomic mass is 15.2. The van der Waals surface area contributed by atoms with Crippen molar-refractivity contribution in [2.45, 2.75) is 18.9 Å². The molecule has 2 aliphatic rings. The van der Waals surface area contributed by atoms with Crippen LogP contribution in [0.3, 0.4) is 0 Å². The number of benzene rings is 1. The van der Waals surface area contributed by atoms with Crippen molar-refractivity contribution in [3.05, 3.63) is 36.3 Å². The average Bonchev–Trinajstić information content (AvgIpc) is 2.69. The summed E-state index contributed by atoms with van der Waals surface area (Å²) >= 11 is 0. The fourth-order valence-electron chi connectivity index (χ4n) is 3.65. The van der Waals surface area contributed by atoms with Crippen molar-refractivity contribution in [1.29, 1.82) is 0 Å². The molecule has 0 radical (unpaired) electrons. The largest absolute Gasteiger partial charge is 0.404 e. The highest BCUT2D eigenvalue weighted by Gasteiger charge is 2.26. The van der Waals surface area contributed by atoms with Gasteiger partial charge in [-0.3, -0.25) is 9.98 Å². The predicted octanol–water partition coefficient (Wildman–Crippen LogP) is 1.15. The van der Waals surface area contributed by atoms with Crippen molar-refractivity contribution < 1.29 is 0 Å². The molecule has 2 heterocycles. The van der Waals surface area contributed by atoms with Crippen LogP contribution >= 0.6 is 0 Å². The molecule has 1 aliphatic carbocycles. The van der Waals surface area contributed by atoms with Crippen LogP contribution in [-0.2, 0) is 0 Å². The summed E-state index contributed by atoms with van der Waals surface area (Å²) < 4.78 is 0. The maximum Gasteiger partial charge on any atom is 0.0922 e. The highest BCUT2D eigenvalue weighted by Crippen LogP contribution is 2.29. The Kier molecular flexibility index (Phi) is 5.31. The van der Waals surface area contributed by atoms with Gasteiger partial charge < -0.3 is 21.7 Å². The number of fused-ring (bicyclic) bond motifs is 1. The van der Waals surface area contributed by atoms with Gasteiger partial charge in [0.05, 0.1) is 29.0 Å². The van der Waals surface area contributed by atoms with Crippen molar-refractivity contribution >= 4 is 28.5 Å². The SMILES string of the molecule is NC=C(C=NC1CC(CN)C1)c1cnc2ccc(N3CCNCC3)cc2n1. The minimum atomic E-state index is 0.348. The second kappa shape index (κ2) is 8.02. The van der Waals surface area contributed by atoms with Crippen LogP contribution in [0.5, 0.6) is 0 Å². The maximum absolute atomic E-state index is 5.84. The normalized spacial score (nSPS) is 23.7. The first-order chi connectivity index (χ1) is 13.3. The molecular formula is C20H27N7. The number of rotatable bonds is 5. The van der Waals surface area contributed by atoms with Gasteiger partial charge in [0, 0.05) is 49.9 Å². The lowest BCUT2D eigenvalue weighted by molar-refractivity contribution is 0.276. The molecule has 1 saturated heterocycles. The highest BCUT2D eigenvalue weighted by molar-refractivity contribution is 6.09. The van der Waals surface area contributed by atoms with Gasteiger partial charge in [0.15, 0.2) is 0 Å². The smallest absolute Gasteiger partial charge is 0.0922 e. The number of allylic oxidation sites excluding steroid dienone is 1. The number of hydrogen-bond acceptors (Lipinski definition) is 7. The van der Waals surface area contributed by atoms with Gasteiger partial charge in [0.2, 0.25) is 0 Å². The van der Waals surface area contributed by atoms with Gasteiger partial charge in [-0.15, -0.1) is 0 Å². The number of nitrogens with one attached hydrogen (secondary N) is 1. The number of hydrogen-bond donors (Lipinski definition) is 3. The molecule has 7 nitrogen and oxygen atoms in total. The molecular weight excluding hydrogens is 338 g/mol. The van der Waals surface area contributed by atoms with Crippen LogP contribution in [0.4, 0.5) is 5.69 Å². The van der Waals surface area contributed by atoms with Crippen molar-refractivity contribution in [1.82, 2.24) is 15.3 Å². The van der Waals surface area contributed by atoms with Crippen molar-refractivity contribution in [2.24, 2.45) is 22.4 Å². The van der Waals surface area contributed by atoms with Gasteiger partial charge in [-0.1, -0.05) is 0 Å². The fraction of sp³-hybridized carbons (Fsp3) is 0.450. The minimum Gasteiger partial charge on any atom is -0.404 e. The summed E-state index contributed by atoms with van der Waals surface area (Å²) in [4.78, 5) is 16.4. The zero-order chi connectivity index (χ0) is 18.6. The Labute approximate surface area is 159 Å². The van der Waals surface area contributed by atoms with Crippen LogP contribution in [0, 0.1) is 5.92 Å². The van der Waals surface area contributed by atoms with Crippen molar-refractivity contribution in [3.8, 4) is 0 Å². The molecule has 4 rings (SSSR count). The Morgan fingerprint density at radius 3 is 2.81 bits per heavy atom. The second-order valence-electron chi connectivity index (χ2n) is 7.29. The summed E-state index contributed by atoms with van der Waals surface area (Å²) in [6.07, 6.45) is 7.26. The van der Waals surface area contributed by atoms with Crippen LogP contribution in [-0.4, -0.2) is 54.9 Å². The molecule has 0 amide bonds. The summed E-state index contributed by atoms with van der Waals surface area (Å²) in [7, 11) is 0. The molecule has 1 saturated carbocycles. The molecule has 1 aliphatic heterocycles. The molecule has 1 aromatic heterocycles. The van der Waals surface area contributed by atoms with Gasteiger partial charge in [0.25, 0.3) is 0 Å².